The average molecular weight is 471 g/mol. The Morgan fingerprint density at radius 3 is 2.46 bits per heavy atom. The summed E-state index contributed by atoms with van der Waals surface area (Å²) in [5.74, 6) is 0.591. The van der Waals surface area contributed by atoms with Crippen LogP contribution in [0.1, 0.15) is 53.8 Å². The fourth-order valence-electron chi connectivity index (χ4n) is 4.44. The molecule has 0 saturated heterocycles. The lowest BCUT2D eigenvalue weighted by Gasteiger charge is -2.14. The predicted molar refractivity (Wildman–Crippen MR) is 140 cm³/mol. The number of aryl methyl sites for hydroxylation is 4. The standard InChI is InChI=1S/C29H34N4O2/c1-6-22-11-13-23(14-12-22)18-30-26(34)16-15-25-20(4)27-21(5)32-33(24-10-8-9-19(3)17-24)28(27)31-29(25)35-7-2/h8-14,17H,6-7,15-16,18H2,1-5H3,(H,30,34). The molecule has 0 saturated carbocycles. The number of hydrogen-bond donors (Lipinski definition) is 1. The first-order valence-electron chi connectivity index (χ1n) is 12.3. The molecule has 0 aliphatic carbocycles. The molecule has 2 aromatic carbocycles. The second-order valence-corrected chi connectivity index (χ2v) is 8.94. The molecule has 0 spiro atoms. The second-order valence-electron chi connectivity index (χ2n) is 8.94. The van der Waals surface area contributed by atoms with Crippen molar-refractivity contribution in [1.29, 1.82) is 0 Å². The summed E-state index contributed by atoms with van der Waals surface area (Å²) in [7, 11) is 0. The van der Waals surface area contributed by atoms with Gasteiger partial charge in [0, 0.05) is 23.9 Å². The van der Waals surface area contributed by atoms with Gasteiger partial charge in [0.1, 0.15) is 0 Å². The molecule has 6 nitrogen and oxygen atoms in total. The summed E-state index contributed by atoms with van der Waals surface area (Å²) < 4.78 is 7.83. The largest absolute Gasteiger partial charge is 0.478 e. The molecule has 0 aliphatic heterocycles. The van der Waals surface area contributed by atoms with Crippen LogP contribution >= 0.6 is 0 Å². The normalized spacial score (nSPS) is 11.1. The zero-order valence-electron chi connectivity index (χ0n) is 21.3. The van der Waals surface area contributed by atoms with Crippen molar-refractivity contribution in [3.05, 3.63) is 82.0 Å². The van der Waals surface area contributed by atoms with Gasteiger partial charge >= 0.3 is 0 Å². The number of nitrogens with zero attached hydrogens (tertiary/aromatic N) is 3. The van der Waals surface area contributed by atoms with Crippen LogP contribution in [0.25, 0.3) is 16.7 Å². The number of benzene rings is 2. The van der Waals surface area contributed by atoms with Crippen molar-refractivity contribution in [2.24, 2.45) is 0 Å². The quantitative estimate of drug-likeness (QED) is 0.348. The van der Waals surface area contributed by atoms with Gasteiger partial charge < -0.3 is 10.1 Å². The van der Waals surface area contributed by atoms with Crippen molar-refractivity contribution in [3.8, 4) is 11.6 Å². The topological polar surface area (TPSA) is 69.0 Å². The molecule has 6 heteroatoms. The zero-order chi connectivity index (χ0) is 24.9. The first kappa shape index (κ1) is 24.5. The lowest BCUT2D eigenvalue weighted by Crippen LogP contribution is -2.23. The molecular formula is C29H34N4O2. The monoisotopic (exact) mass is 470 g/mol. The van der Waals surface area contributed by atoms with E-state index in [-0.39, 0.29) is 5.91 Å². The van der Waals surface area contributed by atoms with E-state index in [0.29, 0.717) is 31.9 Å². The molecule has 35 heavy (non-hydrogen) atoms. The maximum Gasteiger partial charge on any atom is 0.220 e. The highest BCUT2D eigenvalue weighted by molar-refractivity contribution is 5.86. The van der Waals surface area contributed by atoms with Gasteiger partial charge in [-0.1, -0.05) is 43.3 Å². The van der Waals surface area contributed by atoms with E-state index in [9.17, 15) is 4.79 Å². The van der Waals surface area contributed by atoms with E-state index in [1.165, 1.54) is 5.56 Å². The highest BCUT2D eigenvalue weighted by Crippen LogP contribution is 2.32. The van der Waals surface area contributed by atoms with E-state index in [0.717, 1.165) is 51.1 Å². The Hall–Kier alpha value is -3.67. The van der Waals surface area contributed by atoms with E-state index >= 15 is 0 Å². The number of ether oxygens (including phenoxy) is 1. The minimum Gasteiger partial charge on any atom is -0.478 e. The van der Waals surface area contributed by atoms with Crippen molar-refractivity contribution in [3.63, 3.8) is 0 Å². The summed E-state index contributed by atoms with van der Waals surface area (Å²) in [5.41, 5.74) is 8.25. The number of amides is 1. The Labute approximate surface area is 207 Å². The third-order valence-corrected chi connectivity index (χ3v) is 6.38. The van der Waals surface area contributed by atoms with Crippen molar-refractivity contribution >= 4 is 16.9 Å². The minimum atomic E-state index is 0.0127. The molecule has 1 N–H and O–H groups in total. The van der Waals surface area contributed by atoms with E-state index in [2.05, 4.69) is 62.5 Å². The molecule has 0 unspecified atom stereocenters. The number of carbonyl (C=O) groups is 1. The van der Waals surface area contributed by atoms with E-state index in [1.54, 1.807) is 0 Å². The van der Waals surface area contributed by atoms with Crippen LogP contribution in [0.4, 0.5) is 0 Å². The minimum absolute atomic E-state index is 0.0127. The van der Waals surface area contributed by atoms with Crippen molar-refractivity contribution in [2.75, 3.05) is 6.61 Å². The Balaban J connectivity index is 1.57. The van der Waals surface area contributed by atoms with Crippen molar-refractivity contribution in [2.45, 2.75) is 60.4 Å². The molecule has 0 aliphatic rings. The number of nitrogens with one attached hydrogen (secondary N) is 1. The Morgan fingerprint density at radius 2 is 1.77 bits per heavy atom. The molecule has 0 radical (unpaired) electrons. The fourth-order valence-corrected chi connectivity index (χ4v) is 4.44. The Morgan fingerprint density at radius 1 is 1.03 bits per heavy atom. The lowest BCUT2D eigenvalue weighted by molar-refractivity contribution is -0.121. The van der Waals surface area contributed by atoms with Crippen LogP contribution in [0.5, 0.6) is 5.88 Å². The first-order chi connectivity index (χ1) is 16.9. The summed E-state index contributed by atoms with van der Waals surface area (Å²) in [6, 6.07) is 16.6. The number of pyridine rings is 1. The van der Waals surface area contributed by atoms with Crippen LogP contribution in [0.3, 0.4) is 0 Å². The molecule has 0 bridgehead atoms. The highest BCUT2D eigenvalue weighted by Gasteiger charge is 2.20. The third kappa shape index (κ3) is 5.37. The van der Waals surface area contributed by atoms with Crippen LogP contribution < -0.4 is 10.1 Å². The molecule has 1 amide bonds. The maximum absolute atomic E-state index is 12.7. The molecule has 182 valence electrons. The molecule has 0 atom stereocenters. The number of hydrogen-bond acceptors (Lipinski definition) is 4. The zero-order valence-corrected chi connectivity index (χ0v) is 21.3. The number of rotatable bonds is 9. The summed E-state index contributed by atoms with van der Waals surface area (Å²) in [6.45, 7) is 11.3. The highest BCUT2D eigenvalue weighted by atomic mass is 16.5. The molecule has 4 rings (SSSR count). The van der Waals surface area contributed by atoms with E-state index in [1.807, 2.05) is 30.7 Å². The first-order valence-corrected chi connectivity index (χ1v) is 12.3. The van der Waals surface area contributed by atoms with Crippen LogP contribution in [-0.2, 0) is 24.2 Å². The van der Waals surface area contributed by atoms with Gasteiger partial charge in [-0.15, -0.1) is 0 Å². The smallest absolute Gasteiger partial charge is 0.220 e. The van der Waals surface area contributed by atoms with E-state index < -0.39 is 0 Å². The third-order valence-electron chi connectivity index (χ3n) is 6.38. The summed E-state index contributed by atoms with van der Waals surface area (Å²) in [6.07, 6.45) is 1.93. The van der Waals surface area contributed by atoms with Gasteiger partial charge in [0.2, 0.25) is 11.8 Å². The van der Waals surface area contributed by atoms with Gasteiger partial charge in [0.05, 0.1) is 18.0 Å². The summed E-state index contributed by atoms with van der Waals surface area (Å²) in [4.78, 5) is 17.5. The van der Waals surface area contributed by atoms with Gasteiger partial charge in [-0.25, -0.2) is 4.68 Å². The van der Waals surface area contributed by atoms with Gasteiger partial charge in [-0.05, 0) is 74.9 Å². The molecule has 0 fully saturated rings. The summed E-state index contributed by atoms with van der Waals surface area (Å²) in [5, 5.41) is 8.85. The van der Waals surface area contributed by atoms with Crippen molar-refractivity contribution in [1.82, 2.24) is 20.1 Å². The van der Waals surface area contributed by atoms with Gasteiger partial charge in [-0.2, -0.15) is 10.1 Å². The molecular weight excluding hydrogens is 436 g/mol. The van der Waals surface area contributed by atoms with Crippen LogP contribution in [0.2, 0.25) is 0 Å². The SMILES string of the molecule is CCOc1nc2c(c(C)nn2-c2cccc(C)c2)c(C)c1CCC(=O)NCc1ccc(CC)cc1. The maximum atomic E-state index is 12.7. The summed E-state index contributed by atoms with van der Waals surface area (Å²) >= 11 is 0. The second kappa shape index (κ2) is 10.7. The van der Waals surface area contributed by atoms with Crippen molar-refractivity contribution < 1.29 is 9.53 Å². The Kier molecular flexibility index (Phi) is 7.49. The fraction of sp³-hybridized carbons (Fsp3) is 0.345. The van der Waals surface area contributed by atoms with E-state index in [4.69, 9.17) is 14.8 Å². The van der Waals surface area contributed by atoms with Gasteiger partial charge in [-0.3, -0.25) is 4.79 Å². The molecule has 2 aromatic heterocycles. The van der Waals surface area contributed by atoms with Gasteiger partial charge in [0.15, 0.2) is 5.65 Å². The lowest BCUT2D eigenvalue weighted by atomic mass is 10.0. The average Bonchev–Trinajstić information content (AvgIpc) is 3.19. The van der Waals surface area contributed by atoms with Crippen LogP contribution in [0.15, 0.2) is 48.5 Å². The molecule has 4 aromatic rings. The number of fused-ring (bicyclic) bond motifs is 1. The Bertz CT molecular complexity index is 1340. The van der Waals surface area contributed by atoms with Gasteiger partial charge in [0.25, 0.3) is 0 Å². The molecule has 2 heterocycles. The van der Waals surface area contributed by atoms with Crippen LogP contribution in [0, 0.1) is 20.8 Å². The number of aromatic nitrogens is 3. The predicted octanol–water partition coefficient (Wildman–Crippen LogP) is 5.56. The number of carbonyl (C=O) groups excluding carboxylic acids is 1. The van der Waals surface area contributed by atoms with Crippen LogP contribution in [-0.4, -0.2) is 27.3 Å².